The van der Waals surface area contributed by atoms with E-state index in [4.69, 9.17) is 4.74 Å². The number of carbonyl (C=O) groups excluding carboxylic acids is 2. The van der Waals surface area contributed by atoms with Crippen LogP contribution in [0.3, 0.4) is 0 Å². The summed E-state index contributed by atoms with van der Waals surface area (Å²) in [6.07, 6.45) is 0. The van der Waals surface area contributed by atoms with Gasteiger partial charge in [0, 0.05) is 24.8 Å². The van der Waals surface area contributed by atoms with Gasteiger partial charge in [0.2, 0.25) is 5.91 Å². The molecule has 1 fully saturated rings. The van der Waals surface area contributed by atoms with E-state index in [9.17, 15) is 18.4 Å². The highest BCUT2D eigenvalue weighted by atomic mass is 19.2. The van der Waals surface area contributed by atoms with Crippen LogP contribution in [0.5, 0.6) is 5.75 Å². The molecule has 142 valence electrons. The summed E-state index contributed by atoms with van der Waals surface area (Å²) in [5, 5.41) is 2.73. The number of amides is 3. The molecule has 8 heteroatoms. The van der Waals surface area contributed by atoms with Crippen molar-refractivity contribution in [1.29, 1.82) is 0 Å². The van der Waals surface area contributed by atoms with E-state index in [1.807, 2.05) is 6.92 Å². The van der Waals surface area contributed by atoms with Crippen LogP contribution in [0.1, 0.15) is 6.92 Å². The second-order valence-corrected chi connectivity index (χ2v) is 5.93. The second-order valence-electron chi connectivity index (χ2n) is 5.93. The van der Waals surface area contributed by atoms with Gasteiger partial charge in [0.15, 0.2) is 11.6 Å². The van der Waals surface area contributed by atoms with Crippen molar-refractivity contribution >= 4 is 23.3 Å². The van der Waals surface area contributed by atoms with Crippen molar-refractivity contribution in [2.75, 3.05) is 36.5 Å². The van der Waals surface area contributed by atoms with Crippen LogP contribution in [0.25, 0.3) is 0 Å². The Balaban J connectivity index is 1.64. The largest absolute Gasteiger partial charge is 0.492 e. The van der Waals surface area contributed by atoms with E-state index in [1.54, 1.807) is 24.3 Å². The van der Waals surface area contributed by atoms with Gasteiger partial charge in [-0.1, -0.05) is 12.1 Å². The Labute approximate surface area is 155 Å². The molecule has 2 aromatic rings. The molecule has 1 heterocycles. The van der Waals surface area contributed by atoms with Crippen LogP contribution in [-0.2, 0) is 4.79 Å². The SMILES string of the molecule is CCOc1ccccc1NC(=O)CN1CCN(c2ccc(F)c(F)c2)C1=O. The van der Waals surface area contributed by atoms with Crippen LogP contribution in [0, 0.1) is 11.6 Å². The lowest BCUT2D eigenvalue weighted by Gasteiger charge is -2.19. The molecule has 1 N–H and O–H groups in total. The fraction of sp³-hybridized carbons (Fsp3) is 0.263. The number of hydrogen-bond donors (Lipinski definition) is 1. The Hall–Kier alpha value is -3.16. The fourth-order valence-corrected chi connectivity index (χ4v) is 2.84. The molecule has 3 rings (SSSR count). The maximum Gasteiger partial charge on any atom is 0.325 e. The van der Waals surface area contributed by atoms with Crippen molar-refractivity contribution in [2.24, 2.45) is 0 Å². The number of nitrogens with one attached hydrogen (secondary N) is 1. The van der Waals surface area contributed by atoms with E-state index in [0.29, 0.717) is 24.6 Å². The molecule has 1 aliphatic heterocycles. The van der Waals surface area contributed by atoms with Crippen LogP contribution in [0.2, 0.25) is 0 Å². The Morgan fingerprint density at radius 2 is 1.93 bits per heavy atom. The molecule has 1 aliphatic rings. The van der Waals surface area contributed by atoms with Gasteiger partial charge in [-0.3, -0.25) is 9.69 Å². The van der Waals surface area contributed by atoms with Crippen molar-refractivity contribution in [3.05, 3.63) is 54.1 Å². The van der Waals surface area contributed by atoms with Crippen LogP contribution in [0.4, 0.5) is 25.0 Å². The van der Waals surface area contributed by atoms with Gasteiger partial charge in [-0.25, -0.2) is 13.6 Å². The van der Waals surface area contributed by atoms with Crippen molar-refractivity contribution in [2.45, 2.75) is 6.92 Å². The Kier molecular flexibility index (Phi) is 5.54. The monoisotopic (exact) mass is 375 g/mol. The average molecular weight is 375 g/mol. The number of rotatable bonds is 6. The summed E-state index contributed by atoms with van der Waals surface area (Å²) in [7, 11) is 0. The summed E-state index contributed by atoms with van der Waals surface area (Å²) in [5.41, 5.74) is 0.775. The maximum atomic E-state index is 13.4. The zero-order valence-corrected chi connectivity index (χ0v) is 14.7. The van der Waals surface area contributed by atoms with Crippen LogP contribution >= 0.6 is 0 Å². The maximum absolute atomic E-state index is 13.4. The molecule has 0 unspecified atom stereocenters. The molecule has 0 spiro atoms. The molecule has 2 aromatic carbocycles. The molecule has 6 nitrogen and oxygen atoms in total. The Morgan fingerprint density at radius 1 is 1.15 bits per heavy atom. The molecule has 0 atom stereocenters. The molecule has 1 saturated heterocycles. The predicted molar refractivity (Wildman–Crippen MR) is 96.9 cm³/mol. The minimum atomic E-state index is -1.02. The van der Waals surface area contributed by atoms with Crippen LogP contribution in [0.15, 0.2) is 42.5 Å². The van der Waals surface area contributed by atoms with E-state index < -0.39 is 17.7 Å². The lowest BCUT2D eigenvalue weighted by Crippen LogP contribution is -2.37. The Bertz CT molecular complexity index is 860. The summed E-state index contributed by atoms with van der Waals surface area (Å²) in [6, 6.07) is 9.85. The second kappa shape index (κ2) is 8.03. The Morgan fingerprint density at radius 3 is 2.67 bits per heavy atom. The molecule has 3 amide bonds. The fourth-order valence-electron chi connectivity index (χ4n) is 2.84. The quantitative estimate of drug-likeness (QED) is 0.843. The van der Waals surface area contributed by atoms with E-state index in [1.165, 1.54) is 15.9 Å². The van der Waals surface area contributed by atoms with Gasteiger partial charge in [0.1, 0.15) is 12.3 Å². The van der Waals surface area contributed by atoms with Gasteiger partial charge >= 0.3 is 6.03 Å². The first-order chi connectivity index (χ1) is 13.0. The number of halogens is 2. The van der Waals surface area contributed by atoms with Crippen LogP contribution < -0.4 is 15.0 Å². The minimum Gasteiger partial charge on any atom is -0.492 e. The first kappa shape index (κ1) is 18.6. The molecule has 27 heavy (non-hydrogen) atoms. The standard InChI is InChI=1S/C19H19F2N3O3/c1-2-27-17-6-4-3-5-16(17)22-18(25)12-23-9-10-24(19(23)26)13-7-8-14(20)15(21)11-13/h3-8,11H,2,9-10,12H2,1H3,(H,22,25). The zero-order valence-electron chi connectivity index (χ0n) is 14.7. The van der Waals surface area contributed by atoms with E-state index >= 15 is 0 Å². The van der Waals surface area contributed by atoms with E-state index in [2.05, 4.69) is 5.32 Å². The van der Waals surface area contributed by atoms with Gasteiger partial charge in [-0.05, 0) is 31.2 Å². The number of benzene rings is 2. The average Bonchev–Trinajstić information content (AvgIpc) is 3.00. The number of anilines is 2. The lowest BCUT2D eigenvalue weighted by molar-refractivity contribution is -0.116. The lowest BCUT2D eigenvalue weighted by atomic mass is 10.3. The first-order valence-electron chi connectivity index (χ1n) is 8.52. The summed E-state index contributed by atoms with van der Waals surface area (Å²) in [4.78, 5) is 27.5. The van der Waals surface area contributed by atoms with Gasteiger partial charge in [-0.2, -0.15) is 0 Å². The summed E-state index contributed by atoms with van der Waals surface area (Å²) >= 11 is 0. The number of nitrogens with zero attached hydrogens (tertiary/aromatic N) is 2. The number of hydrogen-bond acceptors (Lipinski definition) is 3. The molecule has 0 saturated carbocycles. The summed E-state index contributed by atoms with van der Waals surface area (Å²) in [6.45, 7) is 2.74. The highest BCUT2D eigenvalue weighted by Gasteiger charge is 2.31. The van der Waals surface area contributed by atoms with E-state index in [0.717, 1.165) is 12.1 Å². The van der Waals surface area contributed by atoms with Gasteiger partial charge in [-0.15, -0.1) is 0 Å². The van der Waals surface area contributed by atoms with Gasteiger partial charge in [0.05, 0.1) is 12.3 Å². The van der Waals surface area contributed by atoms with Crippen molar-refractivity contribution in [3.8, 4) is 5.75 Å². The molecular formula is C19H19F2N3O3. The molecule has 0 aliphatic carbocycles. The van der Waals surface area contributed by atoms with Crippen LogP contribution in [-0.4, -0.2) is 43.1 Å². The topological polar surface area (TPSA) is 61.9 Å². The third-order valence-electron chi connectivity index (χ3n) is 4.11. The molecule has 0 aromatic heterocycles. The summed E-state index contributed by atoms with van der Waals surface area (Å²) in [5.74, 6) is -1.83. The number of ether oxygens (including phenoxy) is 1. The van der Waals surface area contributed by atoms with Crippen molar-refractivity contribution in [3.63, 3.8) is 0 Å². The normalized spacial score (nSPS) is 13.8. The van der Waals surface area contributed by atoms with Crippen molar-refractivity contribution < 1.29 is 23.1 Å². The number of urea groups is 1. The highest BCUT2D eigenvalue weighted by Crippen LogP contribution is 2.25. The minimum absolute atomic E-state index is 0.153. The smallest absolute Gasteiger partial charge is 0.325 e. The summed E-state index contributed by atoms with van der Waals surface area (Å²) < 4.78 is 31.9. The van der Waals surface area contributed by atoms with Gasteiger partial charge in [0.25, 0.3) is 0 Å². The molecular weight excluding hydrogens is 356 g/mol. The number of carbonyl (C=O) groups is 2. The van der Waals surface area contributed by atoms with E-state index in [-0.39, 0.29) is 24.7 Å². The zero-order chi connectivity index (χ0) is 19.4. The third-order valence-corrected chi connectivity index (χ3v) is 4.11. The first-order valence-corrected chi connectivity index (χ1v) is 8.52. The van der Waals surface area contributed by atoms with Gasteiger partial charge < -0.3 is 15.0 Å². The number of para-hydroxylation sites is 2. The third kappa shape index (κ3) is 4.16. The molecule has 0 bridgehead atoms. The highest BCUT2D eigenvalue weighted by molar-refractivity contribution is 5.99. The van der Waals surface area contributed by atoms with Crippen molar-refractivity contribution in [1.82, 2.24) is 4.90 Å². The predicted octanol–water partition coefficient (Wildman–Crippen LogP) is 3.24. The molecule has 0 radical (unpaired) electrons.